The summed E-state index contributed by atoms with van der Waals surface area (Å²) in [5, 5.41) is 23.3. The average molecular weight is 249 g/mol. The van der Waals surface area contributed by atoms with E-state index in [-0.39, 0.29) is 30.5 Å². The lowest BCUT2D eigenvalue weighted by Gasteiger charge is -2.11. The van der Waals surface area contributed by atoms with Crippen LogP contribution in [0.15, 0.2) is 24.3 Å². The van der Waals surface area contributed by atoms with Crippen LogP contribution >= 0.6 is 0 Å². The van der Waals surface area contributed by atoms with Gasteiger partial charge in [0, 0.05) is 23.6 Å². The monoisotopic (exact) mass is 249 g/mol. The van der Waals surface area contributed by atoms with Crippen molar-refractivity contribution >= 4 is 23.5 Å². The molecular weight excluding hydrogens is 238 g/mol. The minimum atomic E-state index is -1.39. The van der Waals surface area contributed by atoms with E-state index < -0.39 is 17.8 Å². The van der Waals surface area contributed by atoms with Gasteiger partial charge in [0.2, 0.25) is 5.91 Å². The first-order chi connectivity index (χ1) is 8.50. The number of hydrogen-bond donors (Lipinski definition) is 1. The molecule has 0 atom stereocenters. The van der Waals surface area contributed by atoms with Crippen LogP contribution in [0.3, 0.4) is 0 Å². The molecule has 0 spiro atoms. The Bertz CT molecular complexity index is 469. The summed E-state index contributed by atoms with van der Waals surface area (Å²) in [7, 11) is 0. The van der Waals surface area contributed by atoms with E-state index >= 15 is 0 Å². The smallest absolute Gasteiger partial charge is 0.224 e. The molecule has 0 unspecified atom stereocenters. The van der Waals surface area contributed by atoms with Crippen LogP contribution < -0.4 is 15.5 Å². The molecule has 0 saturated heterocycles. The summed E-state index contributed by atoms with van der Waals surface area (Å²) in [6.45, 7) is 0. The number of aliphatic carboxylic acids is 1. The molecule has 1 N–H and O–H groups in total. The highest BCUT2D eigenvalue weighted by molar-refractivity contribution is 5.99. The summed E-state index contributed by atoms with van der Waals surface area (Å²) >= 11 is 0. The molecule has 6 heteroatoms. The average Bonchev–Trinajstić information content (AvgIpc) is 2.28. The van der Waals surface area contributed by atoms with E-state index in [0.717, 1.165) is 0 Å². The van der Waals surface area contributed by atoms with Crippen molar-refractivity contribution in [2.45, 2.75) is 19.3 Å². The quantitative estimate of drug-likeness (QED) is 0.688. The molecule has 1 aromatic rings. The Hall–Kier alpha value is -2.37. The standard InChI is InChI=1S/C12H13NO5/c14-10(6-3-7-11(15)16)13-9-5-2-1-4-8(9)12(17)18/h1-2,4-5H,3,6-7H2,(H,13,14)(H,15,16)(H,17,18)/p-2. The fourth-order valence-corrected chi connectivity index (χ4v) is 1.38. The maximum atomic E-state index is 11.4. The Morgan fingerprint density at radius 1 is 1.06 bits per heavy atom. The van der Waals surface area contributed by atoms with Gasteiger partial charge in [0.25, 0.3) is 0 Å². The molecule has 0 aliphatic heterocycles. The fourth-order valence-electron chi connectivity index (χ4n) is 1.38. The predicted octanol–water partition coefficient (Wildman–Crippen LogP) is -1.09. The highest BCUT2D eigenvalue weighted by Gasteiger charge is 2.06. The molecule has 0 radical (unpaired) electrons. The number of aromatic carboxylic acids is 1. The molecule has 0 bridgehead atoms. The Balaban J connectivity index is 2.59. The zero-order valence-corrected chi connectivity index (χ0v) is 9.47. The first kappa shape index (κ1) is 13.7. The van der Waals surface area contributed by atoms with Gasteiger partial charge in [0.15, 0.2) is 0 Å². The summed E-state index contributed by atoms with van der Waals surface area (Å²) in [6.07, 6.45) is -0.0907. The van der Waals surface area contributed by atoms with Crippen LogP contribution in [0.5, 0.6) is 0 Å². The third-order valence-corrected chi connectivity index (χ3v) is 2.21. The van der Waals surface area contributed by atoms with Gasteiger partial charge in [-0.25, -0.2) is 0 Å². The first-order valence-electron chi connectivity index (χ1n) is 5.31. The lowest BCUT2D eigenvalue weighted by atomic mass is 10.1. The summed E-state index contributed by atoms with van der Waals surface area (Å²) in [6, 6.07) is 5.83. The van der Waals surface area contributed by atoms with Crippen molar-refractivity contribution in [1.82, 2.24) is 0 Å². The highest BCUT2D eigenvalue weighted by Crippen LogP contribution is 2.14. The maximum absolute atomic E-state index is 11.4. The van der Waals surface area contributed by atoms with Gasteiger partial charge in [0.05, 0.1) is 5.97 Å². The molecule has 0 aliphatic carbocycles. The molecule has 0 saturated carbocycles. The Morgan fingerprint density at radius 3 is 2.33 bits per heavy atom. The Kier molecular flexibility index (Phi) is 4.86. The maximum Gasteiger partial charge on any atom is 0.224 e. The van der Waals surface area contributed by atoms with Crippen LogP contribution in [0.1, 0.15) is 29.6 Å². The van der Waals surface area contributed by atoms with E-state index in [4.69, 9.17) is 0 Å². The zero-order valence-electron chi connectivity index (χ0n) is 9.47. The van der Waals surface area contributed by atoms with Crippen molar-refractivity contribution in [2.75, 3.05) is 5.32 Å². The van der Waals surface area contributed by atoms with Crippen LogP contribution in [0.4, 0.5) is 5.69 Å². The molecule has 0 heterocycles. The number of carboxylic acids is 2. The van der Waals surface area contributed by atoms with E-state index in [1.807, 2.05) is 0 Å². The van der Waals surface area contributed by atoms with E-state index in [1.54, 1.807) is 6.07 Å². The lowest BCUT2D eigenvalue weighted by Crippen LogP contribution is -2.25. The van der Waals surface area contributed by atoms with Crippen molar-refractivity contribution in [3.05, 3.63) is 29.8 Å². The van der Waals surface area contributed by atoms with Crippen LogP contribution in [-0.2, 0) is 9.59 Å². The topological polar surface area (TPSA) is 109 Å². The lowest BCUT2D eigenvalue weighted by molar-refractivity contribution is -0.305. The minimum Gasteiger partial charge on any atom is -0.550 e. The third-order valence-electron chi connectivity index (χ3n) is 2.21. The number of para-hydroxylation sites is 1. The molecule has 0 fully saturated rings. The molecule has 1 rings (SSSR count). The van der Waals surface area contributed by atoms with Crippen molar-refractivity contribution in [2.24, 2.45) is 0 Å². The second-order valence-electron chi connectivity index (χ2n) is 3.61. The summed E-state index contributed by atoms with van der Waals surface area (Å²) in [4.78, 5) is 32.3. The fraction of sp³-hybridized carbons (Fsp3) is 0.250. The molecule has 0 aromatic heterocycles. The van der Waals surface area contributed by atoms with Gasteiger partial charge in [-0.1, -0.05) is 18.2 Å². The van der Waals surface area contributed by atoms with Gasteiger partial charge in [-0.15, -0.1) is 0 Å². The number of carbonyl (C=O) groups is 3. The molecule has 1 aromatic carbocycles. The second kappa shape index (κ2) is 6.39. The van der Waals surface area contributed by atoms with E-state index in [1.165, 1.54) is 18.2 Å². The predicted molar refractivity (Wildman–Crippen MR) is 58.3 cm³/mol. The van der Waals surface area contributed by atoms with E-state index in [2.05, 4.69) is 5.32 Å². The second-order valence-corrected chi connectivity index (χ2v) is 3.61. The van der Waals surface area contributed by atoms with Gasteiger partial charge in [0.1, 0.15) is 0 Å². The van der Waals surface area contributed by atoms with Crippen molar-refractivity contribution < 1.29 is 24.6 Å². The van der Waals surface area contributed by atoms with Crippen LogP contribution in [0.2, 0.25) is 0 Å². The number of carboxylic acid groups (broad SMARTS) is 2. The van der Waals surface area contributed by atoms with Gasteiger partial charge >= 0.3 is 0 Å². The number of hydrogen-bond acceptors (Lipinski definition) is 5. The molecule has 0 aliphatic rings. The molecule has 18 heavy (non-hydrogen) atoms. The minimum absolute atomic E-state index is 0.0185. The SMILES string of the molecule is O=C([O-])CCCC(=O)Nc1ccccc1C(=O)[O-]. The number of anilines is 1. The number of nitrogens with one attached hydrogen (secondary N) is 1. The Morgan fingerprint density at radius 2 is 1.72 bits per heavy atom. The van der Waals surface area contributed by atoms with Crippen molar-refractivity contribution in [1.29, 1.82) is 0 Å². The molecule has 96 valence electrons. The van der Waals surface area contributed by atoms with E-state index in [0.29, 0.717) is 0 Å². The van der Waals surface area contributed by atoms with Gasteiger partial charge < -0.3 is 25.1 Å². The highest BCUT2D eigenvalue weighted by atomic mass is 16.4. The zero-order chi connectivity index (χ0) is 13.5. The first-order valence-corrected chi connectivity index (χ1v) is 5.31. The summed E-state index contributed by atoms with van der Waals surface area (Å²) in [5.74, 6) is -3.07. The number of amides is 1. The summed E-state index contributed by atoms with van der Waals surface area (Å²) in [5.41, 5.74) is 0.0155. The van der Waals surface area contributed by atoms with Crippen LogP contribution in [0, 0.1) is 0 Å². The number of benzene rings is 1. The Labute approximate surface area is 103 Å². The molecular formula is C12H11NO5-2. The summed E-state index contributed by atoms with van der Waals surface area (Å²) < 4.78 is 0. The van der Waals surface area contributed by atoms with E-state index in [9.17, 15) is 24.6 Å². The third kappa shape index (κ3) is 4.25. The van der Waals surface area contributed by atoms with Crippen molar-refractivity contribution in [3.8, 4) is 0 Å². The van der Waals surface area contributed by atoms with Crippen LogP contribution in [0.25, 0.3) is 0 Å². The van der Waals surface area contributed by atoms with Gasteiger partial charge in [-0.2, -0.15) is 0 Å². The van der Waals surface area contributed by atoms with Crippen molar-refractivity contribution in [3.63, 3.8) is 0 Å². The number of rotatable bonds is 6. The normalized spacial score (nSPS) is 9.78. The largest absolute Gasteiger partial charge is 0.550 e. The molecule has 1 amide bonds. The van der Waals surface area contributed by atoms with Gasteiger partial charge in [-0.3, -0.25) is 4.79 Å². The van der Waals surface area contributed by atoms with Crippen LogP contribution in [-0.4, -0.2) is 17.8 Å². The molecule has 6 nitrogen and oxygen atoms in total. The van der Waals surface area contributed by atoms with Gasteiger partial charge in [-0.05, 0) is 18.9 Å². The number of carbonyl (C=O) groups excluding carboxylic acids is 3.